The Bertz CT molecular complexity index is 1440. The summed E-state index contributed by atoms with van der Waals surface area (Å²) < 4.78 is 14.7. The lowest BCUT2D eigenvalue weighted by molar-refractivity contribution is 0.205. The molecule has 1 aliphatic rings. The summed E-state index contributed by atoms with van der Waals surface area (Å²) in [5.41, 5.74) is 6.73. The van der Waals surface area contributed by atoms with Crippen molar-refractivity contribution in [3.8, 4) is 11.1 Å². The molecule has 0 spiro atoms. The maximum absolute atomic E-state index is 13.5. The Balaban J connectivity index is 1.54. The van der Waals surface area contributed by atoms with Crippen molar-refractivity contribution >= 4 is 38.7 Å². The minimum Gasteiger partial charge on any atom is -0.364 e. The van der Waals surface area contributed by atoms with Gasteiger partial charge in [0.25, 0.3) is 0 Å². The molecular formula is C32H35ClFN3S. The number of thiophene rings is 1. The third-order valence-electron chi connectivity index (χ3n) is 8.01. The number of fused-ring (bicyclic) bond motifs is 1. The van der Waals surface area contributed by atoms with Crippen LogP contribution in [0.4, 0.5) is 4.39 Å². The fourth-order valence-corrected chi connectivity index (χ4v) is 7.43. The standard InChI is InChI=1S/C32H35ClFN3S/c1-5-22-9-10-23(24-11-16-29(34)36-18-24)17-25(22)19-37(27-14-12-26(35-4)13-15-27)21(3)32-31(33)30-20(2)7-6-8-28(30)38-32/h6-11,16-18,26-27,35H,3,5,12-15,19H2,1-2,4H3. The van der Waals surface area contributed by atoms with Crippen molar-refractivity contribution in [2.75, 3.05) is 7.05 Å². The van der Waals surface area contributed by atoms with Crippen LogP contribution in [-0.4, -0.2) is 29.0 Å². The molecule has 1 fully saturated rings. The van der Waals surface area contributed by atoms with Crippen LogP contribution in [0.1, 0.15) is 54.2 Å². The molecule has 1 aliphatic carbocycles. The zero-order valence-electron chi connectivity index (χ0n) is 22.4. The van der Waals surface area contributed by atoms with Crippen molar-refractivity contribution in [1.82, 2.24) is 15.2 Å². The Labute approximate surface area is 234 Å². The summed E-state index contributed by atoms with van der Waals surface area (Å²) in [4.78, 5) is 7.43. The summed E-state index contributed by atoms with van der Waals surface area (Å²) in [6.45, 7) is 9.72. The van der Waals surface area contributed by atoms with Gasteiger partial charge in [-0.25, -0.2) is 4.98 Å². The van der Waals surface area contributed by atoms with E-state index in [9.17, 15) is 4.39 Å². The average Bonchev–Trinajstić information content (AvgIpc) is 3.29. The number of aryl methyl sites for hydroxylation is 2. The van der Waals surface area contributed by atoms with Gasteiger partial charge >= 0.3 is 0 Å². The van der Waals surface area contributed by atoms with Gasteiger partial charge in [0.1, 0.15) is 0 Å². The second kappa shape index (κ2) is 11.6. The highest BCUT2D eigenvalue weighted by Gasteiger charge is 2.29. The molecule has 0 bridgehead atoms. The third-order valence-corrected chi connectivity index (χ3v) is 9.70. The molecule has 0 atom stereocenters. The van der Waals surface area contributed by atoms with Gasteiger partial charge in [0.15, 0.2) is 0 Å². The zero-order valence-corrected chi connectivity index (χ0v) is 23.9. The summed E-state index contributed by atoms with van der Waals surface area (Å²) >= 11 is 8.78. The molecule has 0 saturated heterocycles. The van der Waals surface area contributed by atoms with E-state index in [4.69, 9.17) is 11.6 Å². The monoisotopic (exact) mass is 547 g/mol. The van der Waals surface area contributed by atoms with Gasteiger partial charge in [-0.1, -0.05) is 49.4 Å². The Kier molecular flexibility index (Phi) is 8.18. The predicted octanol–water partition coefficient (Wildman–Crippen LogP) is 8.63. The fraction of sp³-hybridized carbons (Fsp3) is 0.344. The molecule has 5 rings (SSSR count). The third kappa shape index (κ3) is 5.38. The van der Waals surface area contributed by atoms with Gasteiger partial charge in [-0.3, -0.25) is 0 Å². The number of aromatic nitrogens is 1. The van der Waals surface area contributed by atoms with Gasteiger partial charge in [-0.2, -0.15) is 4.39 Å². The van der Waals surface area contributed by atoms with E-state index in [-0.39, 0.29) is 0 Å². The lowest BCUT2D eigenvalue weighted by Gasteiger charge is -2.39. The van der Waals surface area contributed by atoms with Gasteiger partial charge in [0, 0.05) is 46.2 Å². The highest BCUT2D eigenvalue weighted by Crippen LogP contribution is 2.43. The largest absolute Gasteiger partial charge is 0.364 e. The lowest BCUT2D eigenvalue weighted by Crippen LogP contribution is -2.40. The van der Waals surface area contributed by atoms with E-state index in [1.807, 2.05) is 0 Å². The maximum atomic E-state index is 13.5. The van der Waals surface area contributed by atoms with Crippen LogP contribution in [0.25, 0.3) is 26.9 Å². The first-order valence-electron chi connectivity index (χ1n) is 13.4. The van der Waals surface area contributed by atoms with Gasteiger partial charge in [-0.15, -0.1) is 11.3 Å². The molecule has 1 saturated carbocycles. The first kappa shape index (κ1) is 26.9. The average molecular weight is 548 g/mol. The highest BCUT2D eigenvalue weighted by molar-refractivity contribution is 7.20. The maximum Gasteiger partial charge on any atom is 0.212 e. The molecule has 1 N–H and O–H groups in total. The van der Waals surface area contributed by atoms with Crippen LogP contribution in [0, 0.1) is 12.9 Å². The summed E-state index contributed by atoms with van der Waals surface area (Å²) in [5, 5.41) is 5.40. The summed E-state index contributed by atoms with van der Waals surface area (Å²) in [6.07, 6.45) is 7.05. The Morgan fingerprint density at radius 3 is 2.53 bits per heavy atom. The van der Waals surface area contributed by atoms with Crippen LogP contribution >= 0.6 is 22.9 Å². The smallest absolute Gasteiger partial charge is 0.212 e. The summed E-state index contributed by atoms with van der Waals surface area (Å²) in [7, 11) is 2.06. The molecule has 38 heavy (non-hydrogen) atoms. The van der Waals surface area contributed by atoms with Crippen LogP contribution in [-0.2, 0) is 13.0 Å². The SMILES string of the molecule is C=C(c1sc2cccc(C)c2c1Cl)N(Cc1cc(-c2ccc(F)nc2)ccc1CC)C1CCC(NC)CC1. The van der Waals surface area contributed by atoms with E-state index in [1.165, 1.54) is 27.5 Å². The summed E-state index contributed by atoms with van der Waals surface area (Å²) in [6, 6.07) is 17.1. The quantitative estimate of drug-likeness (QED) is 0.224. The normalized spacial score (nSPS) is 17.6. The van der Waals surface area contributed by atoms with Gasteiger partial charge in [-0.05, 0) is 92.6 Å². The molecule has 4 aromatic rings. The van der Waals surface area contributed by atoms with Crippen molar-refractivity contribution in [2.24, 2.45) is 0 Å². The summed E-state index contributed by atoms with van der Waals surface area (Å²) in [5.74, 6) is -0.464. The molecule has 198 valence electrons. The molecule has 2 aromatic heterocycles. The number of pyridine rings is 1. The second-order valence-corrected chi connectivity index (χ2v) is 11.7. The van der Waals surface area contributed by atoms with Gasteiger partial charge in [0.05, 0.1) is 9.90 Å². The molecule has 0 unspecified atom stereocenters. The van der Waals surface area contributed by atoms with Crippen molar-refractivity contribution in [3.63, 3.8) is 0 Å². The van der Waals surface area contributed by atoms with Crippen molar-refractivity contribution in [1.29, 1.82) is 0 Å². The van der Waals surface area contributed by atoms with E-state index in [0.29, 0.717) is 12.1 Å². The molecular weight excluding hydrogens is 513 g/mol. The molecule has 2 heterocycles. The van der Waals surface area contributed by atoms with Crippen LogP contribution in [0.3, 0.4) is 0 Å². The molecule has 0 amide bonds. The number of nitrogens with zero attached hydrogens (tertiary/aromatic N) is 2. The van der Waals surface area contributed by atoms with E-state index >= 15 is 0 Å². The second-order valence-electron chi connectivity index (χ2n) is 10.3. The first-order valence-corrected chi connectivity index (χ1v) is 14.6. The first-order chi connectivity index (χ1) is 18.4. The molecule has 3 nitrogen and oxygen atoms in total. The predicted molar refractivity (Wildman–Crippen MR) is 160 cm³/mol. The van der Waals surface area contributed by atoms with Crippen molar-refractivity contribution < 1.29 is 4.39 Å². The van der Waals surface area contributed by atoms with E-state index in [1.54, 1.807) is 23.6 Å². The fourth-order valence-electron chi connectivity index (χ4n) is 5.74. The highest BCUT2D eigenvalue weighted by atomic mass is 35.5. The van der Waals surface area contributed by atoms with E-state index in [2.05, 4.69) is 79.1 Å². The lowest BCUT2D eigenvalue weighted by atomic mass is 9.89. The minimum absolute atomic E-state index is 0.385. The number of halogens is 2. The van der Waals surface area contributed by atoms with Gasteiger partial charge < -0.3 is 10.2 Å². The van der Waals surface area contributed by atoms with E-state index in [0.717, 1.165) is 70.8 Å². The zero-order chi connectivity index (χ0) is 26.8. The van der Waals surface area contributed by atoms with Crippen LogP contribution in [0.5, 0.6) is 0 Å². The van der Waals surface area contributed by atoms with Gasteiger partial charge in [0.2, 0.25) is 5.95 Å². The topological polar surface area (TPSA) is 28.2 Å². The number of rotatable bonds is 8. The van der Waals surface area contributed by atoms with E-state index < -0.39 is 5.95 Å². The van der Waals surface area contributed by atoms with Crippen LogP contribution in [0.15, 0.2) is 61.3 Å². The number of hydrogen-bond acceptors (Lipinski definition) is 4. The minimum atomic E-state index is -0.464. The van der Waals surface area contributed by atoms with Crippen molar-refractivity contribution in [3.05, 3.63) is 93.8 Å². The molecule has 2 aromatic carbocycles. The van der Waals surface area contributed by atoms with Crippen molar-refractivity contribution in [2.45, 2.75) is 64.6 Å². The molecule has 0 radical (unpaired) electrons. The number of benzene rings is 2. The Morgan fingerprint density at radius 2 is 1.87 bits per heavy atom. The number of hydrogen-bond donors (Lipinski definition) is 1. The Morgan fingerprint density at radius 1 is 1.11 bits per heavy atom. The van der Waals surface area contributed by atoms with Crippen LogP contribution in [0.2, 0.25) is 5.02 Å². The molecule has 0 aliphatic heterocycles. The van der Waals surface area contributed by atoms with Crippen LogP contribution < -0.4 is 5.32 Å². The Hall–Kier alpha value is -2.73. The molecule has 6 heteroatoms. The number of nitrogens with one attached hydrogen (secondary N) is 1.